The minimum absolute atomic E-state index is 0.139. The molecule has 1 amide bonds. The normalized spacial score (nSPS) is 23.6. The minimum Gasteiger partial charge on any atom is -0.389 e. The van der Waals surface area contributed by atoms with Crippen LogP contribution in [0.25, 0.3) is 0 Å². The van der Waals surface area contributed by atoms with Gasteiger partial charge in [-0.1, -0.05) is 17.7 Å². The lowest BCUT2D eigenvalue weighted by Gasteiger charge is -2.15. The van der Waals surface area contributed by atoms with Gasteiger partial charge in [-0.15, -0.1) is 0 Å². The number of β-amino-alcohol motifs (C(OH)–C–C–N with tert-alkyl or cyclic N) is 2. The third-order valence-electron chi connectivity index (χ3n) is 3.18. The fourth-order valence-corrected chi connectivity index (χ4v) is 2.27. The zero-order valence-corrected chi connectivity index (χ0v) is 11.4. The molecule has 0 aromatic heterocycles. The molecule has 104 valence electrons. The largest absolute Gasteiger partial charge is 0.389 e. The summed E-state index contributed by atoms with van der Waals surface area (Å²) < 4.78 is 0. The number of amides is 1. The second-order valence-corrected chi connectivity index (χ2v) is 5.27. The average molecular weight is 285 g/mol. The summed E-state index contributed by atoms with van der Waals surface area (Å²) in [6, 6.07) is 5.30. The number of aliphatic hydroxyl groups is 2. The van der Waals surface area contributed by atoms with Crippen LogP contribution in [-0.2, 0) is 4.79 Å². The number of hydrogen-bond acceptors (Lipinski definition) is 4. The number of nitrogens with zero attached hydrogens (tertiary/aromatic N) is 1. The van der Waals surface area contributed by atoms with Gasteiger partial charge in [0.15, 0.2) is 0 Å². The van der Waals surface area contributed by atoms with Crippen molar-refractivity contribution in [2.45, 2.75) is 19.1 Å². The smallest absolute Gasteiger partial charge is 0.238 e. The van der Waals surface area contributed by atoms with E-state index in [1.807, 2.05) is 13.0 Å². The Balaban J connectivity index is 1.93. The first kappa shape index (κ1) is 14.3. The molecule has 1 aliphatic heterocycles. The fourth-order valence-electron chi connectivity index (χ4n) is 2.10. The maximum Gasteiger partial charge on any atom is 0.238 e. The van der Waals surface area contributed by atoms with Crippen LogP contribution in [0.2, 0.25) is 5.02 Å². The van der Waals surface area contributed by atoms with Gasteiger partial charge in [0.1, 0.15) is 0 Å². The van der Waals surface area contributed by atoms with Crippen LogP contribution in [0, 0.1) is 6.92 Å². The zero-order valence-electron chi connectivity index (χ0n) is 10.6. The quantitative estimate of drug-likeness (QED) is 0.761. The van der Waals surface area contributed by atoms with Gasteiger partial charge in [0, 0.05) is 23.8 Å². The summed E-state index contributed by atoms with van der Waals surface area (Å²) in [4.78, 5) is 13.6. The van der Waals surface area contributed by atoms with E-state index in [4.69, 9.17) is 11.6 Å². The molecule has 1 fully saturated rings. The molecule has 0 unspecified atom stereocenters. The number of aryl methyl sites for hydroxylation is 1. The number of carbonyl (C=O) groups excluding carboxylic acids is 1. The predicted octanol–water partition coefficient (Wildman–Crippen LogP) is 0.624. The van der Waals surface area contributed by atoms with Crippen LogP contribution < -0.4 is 5.32 Å². The Morgan fingerprint density at radius 1 is 1.42 bits per heavy atom. The third kappa shape index (κ3) is 3.67. The predicted molar refractivity (Wildman–Crippen MR) is 73.3 cm³/mol. The van der Waals surface area contributed by atoms with Crippen molar-refractivity contribution in [2.75, 3.05) is 25.0 Å². The van der Waals surface area contributed by atoms with E-state index in [1.54, 1.807) is 17.0 Å². The second kappa shape index (κ2) is 5.88. The lowest BCUT2D eigenvalue weighted by molar-refractivity contribution is -0.117. The summed E-state index contributed by atoms with van der Waals surface area (Å²) in [6.45, 7) is 2.64. The molecule has 1 aliphatic rings. The van der Waals surface area contributed by atoms with E-state index in [0.29, 0.717) is 23.8 Å². The number of hydrogen-bond donors (Lipinski definition) is 3. The van der Waals surface area contributed by atoms with Crippen molar-refractivity contribution in [1.82, 2.24) is 4.90 Å². The highest BCUT2D eigenvalue weighted by atomic mass is 35.5. The molecular formula is C13H17ClN2O3. The van der Waals surface area contributed by atoms with Crippen LogP contribution in [0.1, 0.15) is 5.56 Å². The maximum absolute atomic E-state index is 11.9. The van der Waals surface area contributed by atoms with Crippen LogP contribution in [0.5, 0.6) is 0 Å². The average Bonchev–Trinajstić information content (AvgIpc) is 2.63. The third-order valence-corrected chi connectivity index (χ3v) is 3.41. The van der Waals surface area contributed by atoms with Crippen molar-refractivity contribution in [3.05, 3.63) is 28.8 Å². The Kier molecular flexibility index (Phi) is 4.42. The SMILES string of the molecule is Cc1ccc(Cl)cc1NC(=O)CN1C[C@@H](O)[C@@H](O)C1. The molecule has 0 spiro atoms. The molecular weight excluding hydrogens is 268 g/mol. The van der Waals surface area contributed by atoms with Gasteiger partial charge in [-0.3, -0.25) is 9.69 Å². The molecule has 1 aromatic carbocycles. The summed E-state index contributed by atoms with van der Waals surface area (Å²) in [5.74, 6) is -0.188. The monoisotopic (exact) mass is 284 g/mol. The Hall–Kier alpha value is -1.14. The van der Waals surface area contributed by atoms with Crippen LogP contribution in [0.4, 0.5) is 5.69 Å². The number of halogens is 1. The molecule has 1 aromatic rings. The van der Waals surface area contributed by atoms with Crippen molar-refractivity contribution in [2.24, 2.45) is 0 Å². The van der Waals surface area contributed by atoms with Crippen LogP contribution in [0.3, 0.4) is 0 Å². The Morgan fingerprint density at radius 3 is 2.68 bits per heavy atom. The fraction of sp³-hybridized carbons (Fsp3) is 0.462. The molecule has 0 bridgehead atoms. The molecule has 19 heavy (non-hydrogen) atoms. The van der Waals surface area contributed by atoms with Crippen molar-refractivity contribution in [3.63, 3.8) is 0 Å². The van der Waals surface area contributed by atoms with E-state index in [0.717, 1.165) is 5.56 Å². The minimum atomic E-state index is -0.777. The van der Waals surface area contributed by atoms with Gasteiger partial charge in [-0.05, 0) is 24.6 Å². The standard InChI is InChI=1S/C13H17ClN2O3/c1-8-2-3-9(14)4-10(8)15-13(19)7-16-5-11(17)12(18)6-16/h2-4,11-12,17-18H,5-7H2,1H3,(H,15,19)/t11-,12+. The van der Waals surface area contributed by atoms with Gasteiger partial charge < -0.3 is 15.5 Å². The van der Waals surface area contributed by atoms with E-state index >= 15 is 0 Å². The Labute approximate surface area is 116 Å². The molecule has 2 rings (SSSR count). The number of anilines is 1. The van der Waals surface area contributed by atoms with Gasteiger partial charge in [-0.2, -0.15) is 0 Å². The number of rotatable bonds is 3. The molecule has 0 radical (unpaired) electrons. The number of likely N-dealkylation sites (tertiary alicyclic amines) is 1. The molecule has 5 nitrogen and oxygen atoms in total. The number of aliphatic hydroxyl groups excluding tert-OH is 2. The molecule has 6 heteroatoms. The molecule has 1 heterocycles. The van der Waals surface area contributed by atoms with Crippen molar-refractivity contribution < 1.29 is 15.0 Å². The lowest BCUT2D eigenvalue weighted by atomic mass is 10.2. The topological polar surface area (TPSA) is 72.8 Å². The lowest BCUT2D eigenvalue weighted by Crippen LogP contribution is -2.32. The van der Waals surface area contributed by atoms with Crippen LogP contribution >= 0.6 is 11.6 Å². The van der Waals surface area contributed by atoms with Crippen molar-refractivity contribution in [3.8, 4) is 0 Å². The summed E-state index contributed by atoms with van der Waals surface area (Å²) in [6.07, 6.45) is -1.55. The van der Waals surface area contributed by atoms with Gasteiger partial charge >= 0.3 is 0 Å². The summed E-state index contributed by atoms with van der Waals surface area (Å²) in [5.41, 5.74) is 1.61. The Morgan fingerprint density at radius 2 is 2.05 bits per heavy atom. The summed E-state index contributed by atoms with van der Waals surface area (Å²) >= 11 is 5.88. The van der Waals surface area contributed by atoms with Gasteiger partial charge in [0.05, 0.1) is 18.8 Å². The zero-order chi connectivity index (χ0) is 14.0. The van der Waals surface area contributed by atoms with Crippen LogP contribution in [0.15, 0.2) is 18.2 Å². The number of benzene rings is 1. The van der Waals surface area contributed by atoms with Crippen LogP contribution in [-0.4, -0.2) is 52.9 Å². The molecule has 0 saturated carbocycles. The molecule has 2 atom stereocenters. The van der Waals surface area contributed by atoms with E-state index < -0.39 is 12.2 Å². The van der Waals surface area contributed by atoms with E-state index in [2.05, 4.69) is 5.32 Å². The van der Waals surface area contributed by atoms with Gasteiger partial charge in [-0.25, -0.2) is 0 Å². The molecule has 0 aliphatic carbocycles. The summed E-state index contributed by atoms with van der Waals surface area (Å²) in [5, 5.41) is 22.2. The Bertz CT molecular complexity index is 471. The van der Waals surface area contributed by atoms with E-state index in [9.17, 15) is 15.0 Å². The highest BCUT2D eigenvalue weighted by molar-refractivity contribution is 6.31. The van der Waals surface area contributed by atoms with Crippen molar-refractivity contribution >= 4 is 23.2 Å². The van der Waals surface area contributed by atoms with E-state index in [-0.39, 0.29) is 12.5 Å². The van der Waals surface area contributed by atoms with Gasteiger partial charge in [0.25, 0.3) is 0 Å². The summed E-state index contributed by atoms with van der Waals surface area (Å²) in [7, 11) is 0. The van der Waals surface area contributed by atoms with Crippen molar-refractivity contribution in [1.29, 1.82) is 0 Å². The number of nitrogens with one attached hydrogen (secondary N) is 1. The molecule has 1 saturated heterocycles. The highest BCUT2D eigenvalue weighted by Crippen LogP contribution is 2.20. The number of carbonyl (C=O) groups is 1. The second-order valence-electron chi connectivity index (χ2n) is 4.84. The highest BCUT2D eigenvalue weighted by Gasteiger charge is 2.30. The first-order valence-corrected chi connectivity index (χ1v) is 6.48. The first-order chi connectivity index (χ1) is 8.95. The molecule has 3 N–H and O–H groups in total. The first-order valence-electron chi connectivity index (χ1n) is 6.10. The van der Waals surface area contributed by atoms with Gasteiger partial charge in [0.2, 0.25) is 5.91 Å². The van der Waals surface area contributed by atoms with E-state index in [1.165, 1.54) is 0 Å². The maximum atomic E-state index is 11.9.